The Morgan fingerprint density at radius 1 is 1.05 bits per heavy atom. The van der Waals surface area contributed by atoms with Crippen molar-refractivity contribution in [1.82, 2.24) is 0 Å². The van der Waals surface area contributed by atoms with Crippen molar-refractivity contribution in [2.75, 3.05) is 7.11 Å². The number of halogens is 1. The predicted octanol–water partition coefficient (Wildman–Crippen LogP) is 3.92. The number of hydrogen-bond donors (Lipinski definition) is 1. The normalized spacial score (nSPS) is 10.2. The summed E-state index contributed by atoms with van der Waals surface area (Å²) in [6.45, 7) is 1.42. The summed E-state index contributed by atoms with van der Waals surface area (Å²) in [6, 6.07) is 9.39. The molecule has 2 aromatic rings. The Bertz CT molecular complexity index is 722. The summed E-state index contributed by atoms with van der Waals surface area (Å²) in [6.07, 6.45) is 0. The second-order valence-electron chi connectivity index (χ2n) is 4.46. The number of rotatable bonds is 4. The van der Waals surface area contributed by atoms with E-state index >= 15 is 0 Å². The monoisotopic (exact) mass is 304 g/mol. The number of methoxy groups -OCH3 is 1. The zero-order valence-corrected chi connectivity index (χ0v) is 12.3. The number of carbonyl (C=O) groups is 2. The summed E-state index contributed by atoms with van der Waals surface area (Å²) in [5.74, 6) is -0.727. The lowest BCUT2D eigenvalue weighted by Gasteiger charge is -2.12. The number of ketones is 1. The van der Waals surface area contributed by atoms with Crippen molar-refractivity contribution < 1.29 is 19.4 Å². The van der Waals surface area contributed by atoms with Gasteiger partial charge in [0.2, 0.25) is 0 Å². The molecule has 0 atom stereocenters. The average molecular weight is 305 g/mol. The van der Waals surface area contributed by atoms with E-state index in [1.165, 1.54) is 26.2 Å². The molecule has 0 radical (unpaired) electrons. The largest absolute Gasteiger partial charge is 0.497 e. The van der Waals surface area contributed by atoms with Crippen molar-refractivity contribution in [2.45, 2.75) is 6.92 Å². The van der Waals surface area contributed by atoms with Gasteiger partial charge in [-0.1, -0.05) is 11.6 Å². The van der Waals surface area contributed by atoms with E-state index in [2.05, 4.69) is 0 Å². The van der Waals surface area contributed by atoms with Gasteiger partial charge in [-0.3, -0.25) is 4.79 Å². The quantitative estimate of drug-likeness (QED) is 0.870. The molecule has 0 saturated carbocycles. The number of carbonyl (C=O) groups excluding carboxylic acids is 1. The minimum atomic E-state index is -1.08. The zero-order chi connectivity index (χ0) is 15.6. The van der Waals surface area contributed by atoms with Crippen molar-refractivity contribution in [3.63, 3.8) is 0 Å². The first-order chi connectivity index (χ1) is 9.93. The third-order valence-corrected chi connectivity index (χ3v) is 3.34. The van der Waals surface area contributed by atoms with E-state index in [9.17, 15) is 14.7 Å². The Labute approximate surface area is 126 Å². The topological polar surface area (TPSA) is 63.6 Å². The molecule has 0 aliphatic carbocycles. The van der Waals surface area contributed by atoms with Crippen LogP contribution in [-0.4, -0.2) is 24.0 Å². The van der Waals surface area contributed by atoms with Gasteiger partial charge in [0.15, 0.2) is 5.78 Å². The first-order valence-electron chi connectivity index (χ1n) is 6.16. The van der Waals surface area contributed by atoms with Crippen LogP contribution in [0.4, 0.5) is 0 Å². The summed E-state index contributed by atoms with van der Waals surface area (Å²) < 4.78 is 5.10. The van der Waals surface area contributed by atoms with Crippen LogP contribution < -0.4 is 4.74 Å². The maximum Gasteiger partial charge on any atom is 0.336 e. The molecule has 4 nitrogen and oxygen atoms in total. The number of carboxylic acids is 1. The third kappa shape index (κ3) is 3.06. The Hall–Kier alpha value is -2.33. The molecule has 108 valence electrons. The van der Waals surface area contributed by atoms with E-state index in [0.29, 0.717) is 27.5 Å². The lowest BCUT2D eigenvalue weighted by Crippen LogP contribution is -2.03. The Balaban J connectivity index is 2.75. The molecule has 1 N–H and O–H groups in total. The molecular formula is C16H13ClO4. The van der Waals surface area contributed by atoms with Crippen LogP contribution in [0.3, 0.4) is 0 Å². The van der Waals surface area contributed by atoms with E-state index in [4.69, 9.17) is 16.3 Å². The van der Waals surface area contributed by atoms with Gasteiger partial charge in [0.05, 0.1) is 12.7 Å². The van der Waals surface area contributed by atoms with E-state index in [1.807, 2.05) is 0 Å². The van der Waals surface area contributed by atoms with Crippen molar-refractivity contribution >= 4 is 23.4 Å². The lowest BCUT2D eigenvalue weighted by atomic mass is 9.93. The van der Waals surface area contributed by atoms with Crippen LogP contribution in [0.25, 0.3) is 11.1 Å². The van der Waals surface area contributed by atoms with E-state index in [1.54, 1.807) is 24.3 Å². The van der Waals surface area contributed by atoms with Crippen LogP contribution in [0.2, 0.25) is 5.02 Å². The van der Waals surface area contributed by atoms with Crippen LogP contribution in [0, 0.1) is 0 Å². The highest BCUT2D eigenvalue weighted by atomic mass is 35.5. The highest BCUT2D eigenvalue weighted by molar-refractivity contribution is 6.31. The van der Waals surface area contributed by atoms with Crippen molar-refractivity contribution in [2.24, 2.45) is 0 Å². The average Bonchev–Trinajstić information content (AvgIpc) is 2.46. The van der Waals surface area contributed by atoms with Crippen LogP contribution in [0.15, 0.2) is 36.4 Å². The van der Waals surface area contributed by atoms with Crippen molar-refractivity contribution in [3.8, 4) is 16.9 Å². The summed E-state index contributed by atoms with van der Waals surface area (Å²) in [7, 11) is 1.50. The molecule has 0 aromatic heterocycles. The zero-order valence-electron chi connectivity index (χ0n) is 11.5. The summed E-state index contributed by atoms with van der Waals surface area (Å²) in [5, 5.41) is 9.70. The fourth-order valence-corrected chi connectivity index (χ4v) is 2.27. The fourth-order valence-electron chi connectivity index (χ4n) is 2.10. The molecule has 0 aliphatic rings. The summed E-state index contributed by atoms with van der Waals surface area (Å²) >= 11 is 5.96. The van der Waals surface area contributed by atoms with Gasteiger partial charge < -0.3 is 9.84 Å². The van der Waals surface area contributed by atoms with Gasteiger partial charge in [-0.05, 0) is 54.4 Å². The number of benzene rings is 2. The first-order valence-corrected chi connectivity index (χ1v) is 6.54. The van der Waals surface area contributed by atoms with Gasteiger partial charge in [-0.25, -0.2) is 4.79 Å². The molecule has 2 rings (SSSR count). The number of hydrogen-bond acceptors (Lipinski definition) is 3. The Morgan fingerprint density at radius 2 is 1.76 bits per heavy atom. The molecule has 0 fully saturated rings. The fraction of sp³-hybridized carbons (Fsp3) is 0.125. The number of ether oxygens (including phenoxy) is 1. The molecule has 0 spiro atoms. The molecule has 5 heteroatoms. The van der Waals surface area contributed by atoms with Crippen LogP contribution in [0.1, 0.15) is 27.6 Å². The molecule has 0 unspecified atom stereocenters. The molecule has 0 bridgehead atoms. The number of carboxylic acid groups (broad SMARTS) is 1. The third-order valence-electron chi connectivity index (χ3n) is 3.11. The molecule has 0 amide bonds. The molecule has 0 heterocycles. The van der Waals surface area contributed by atoms with Crippen LogP contribution >= 0.6 is 11.6 Å². The minimum Gasteiger partial charge on any atom is -0.497 e. The Morgan fingerprint density at radius 3 is 2.33 bits per heavy atom. The van der Waals surface area contributed by atoms with Crippen LogP contribution in [0.5, 0.6) is 5.75 Å². The summed E-state index contributed by atoms with van der Waals surface area (Å²) in [5.41, 5.74) is 1.40. The highest BCUT2D eigenvalue weighted by Gasteiger charge is 2.17. The van der Waals surface area contributed by atoms with Gasteiger partial charge in [-0.2, -0.15) is 0 Å². The molecular weight excluding hydrogens is 292 g/mol. The number of aromatic carboxylic acids is 1. The Kier molecular flexibility index (Phi) is 4.29. The highest BCUT2D eigenvalue weighted by Crippen LogP contribution is 2.32. The van der Waals surface area contributed by atoms with Crippen molar-refractivity contribution in [1.29, 1.82) is 0 Å². The second kappa shape index (κ2) is 5.97. The van der Waals surface area contributed by atoms with E-state index in [0.717, 1.165) is 0 Å². The molecule has 21 heavy (non-hydrogen) atoms. The van der Waals surface area contributed by atoms with Crippen LogP contribution in [-0.2, 0) is 0 Å². The molecule has 0 saturated heterocycles. The first kappa shape index (κ1) is 15.1. The van der Waals surface area contributed by atoms with Gasteiger partial charge in [0, 0.05) is 10.6 Å². The van der Waals surface area contributed by atoms with Crippen molar-refractivity contribution in [3.05, 3.63) is 52.5 Å². The maximum atomic E-state index is 11.8. The summed E-state index contributed by atoms with van der Waals surface area (Å²) in [4.78, 5) is 23.2. The van der Waals surface area contributed by atoms with Gasteiger partial charge in [-0.15, -0.1) is 0 Å². The predicted molar refractivity (Wildman–Crippen MR) is 80.4 cm³/mol. The minimum absolute atomic E-state index is 0.0899. The maximum absolute atomic E-state index is 11.8. The number of Topliss-reactive ketones (excluding diaryl/α,β-unsaturated/α-hetero) is 1. The molecule has 2 aromatic carbocycles. The SMILES string of the molecule is COc1ccc(-c2cc(Cl)ccc2C(=O)O)c(C(C)=O)c1. The molecule has 0 aliphatic heterocycles. The lowest BCUT2D eigenvalue weighted by molar-refractivity contribution is 0.0697. The second-order valence-corrected chi connectivity index (χ2v) is 4.90. The standard InChI is InChI=1S/C16H13ClO4/c1-9(18)14-8-11(21-2)4-6-12(14)15-7-10(17)3-5-13(15)16(19)20/h3-8H,1-2H3,(H,19,20). The van der Waals surface area contributed by atoms with Gasteiger partial charge in [0.25, 0.3) is 0 Å². The smallest absolute Gasteiger partial charge is 0.336 e. The van der Waals surface area contributed by atoms with Gasteiger partial charge in [0.1, 0.15) is 5.75 Å². The van der Waals surface area contributed by atoms with Gasteiger partial charge >= 0.3 is 5.97 Å². The van der Waals surface area contributed by atoms with E-state index in [-0.39, 0.29) is 11.3 Å². The van der Waals surface area contributed by atoms with E-state index < -0.39 is 5.97 Å².